The Morgan fingerprint density at radius 3 is 2.91 bits per heavy atom. The highest BCUT2D eigenvalue weighted by Crippen LogP contribution is 2.11. The number of rotatable bonds is 7. The van der Waals surface area contributed by atoms with E-state index in [0.29, 0.717) is 26.3 Å². The third-order valence-electron chi connectivity index (χ3n) is 3.78. The number of morpholine rings is 1. The van der Waals surface area contributed by atoms with Crippen LogP contribution in [0.15, 0.2) is 24.3 Å². The Balaban J connectivity index is 1.89. The van der Waals surface area contributed by atoms with Gasteiger partial charge in [0.2, 0.25) is 5.91 Å². The fourth-order valence-corrected chi connectivity index (χ4v) is 2.52. The van der Waals surface area contributed by atoms with Crippen LogP contribution in [0.5, 0.6) is 0 Å². The fourth-order valence-electron chi connectivity index (χ4n) is 2.52. The molecule has 1 saturated heterocycles. The predicted molar refractivity (Wildman–Crippen MR) is 85.4 cm³/mol. The van der Waals surface area contributed by atoms with E-state index in [4.69, 9.17) is 9.47 Å². The van der Waals surface area contributed by atoms with Gasteiger partial charge in [0.1, 0.15) is 6.04 Å². The van der Waals surface area contributed by atoms with Gasteiger partial charge in [-0.2, -0.15) is 0 Å². The summed E-state index contributed by atoms with van der Waals surface area (Å²) >= 11 is 0. The van der Waals surface area contributed by atoms with E-state index in [0.717, 1.165) is 24.2 Å². The maximum absolute atomic E-state index is 12.3. The molecule has 0 spiro atoms. The number of ether oxygens (including phenoxy) is 2. The van der Waals surface area contributed by atoms with E-state index >= 15 is 0 Å². The third kappa shape index (κ3) is 4.80. The Bertz CT molecular complexity index is 479. The van der Waals surface area contributed by atoms with Gasteiger partial charge in [0.25, 0.3) is 0 Å². The third-order valence-corrected chi connectivity index (χ3v) is 3.78. The number of nitrogens with one attached hydrogen (secondary N) is 2. The predicted octanol–water partition coefficient (Wildman–Crippen LogP) is 1.61. The summed E-state index contributed by atoms with van der Waals surface area (Å²) in [6.07, 6.45) is 0.904. The van der Waals surface area contributed by atoms with Gasteiger partial charge < -0.3 is 20.1 Å². The van der Waals surface area contributed by atoms with Crippen molar-refractivity contribution in [2.24, 2.45) is 0 Å². The van der Waals surface area contributed by atoms with Crippen LogP contribution in [0.1, 0.15) is 31.4 Å². The number of amides is 1. The van der Waals surface area contributed by atoms with Crippen LogP contribution in [0, 0.1) is 0 Å². The zero-order chi connectivity index (χ0) is 15.8. The van der Waals surface area contributed by atoms with Gasteiger partial charge in [0, 0.05) is 19.7 Å². The molecule has 1 heterocycles. The number of hydrogen-bond donors (Lipinski definition) is 2. The van der Waals surface area contributed by atoms with Gasteiger partial charge in [-0.3, -0.25) is 4.79 Å². The summed E-state index contributed by atoms with van der Waals surface area (Å²) in [5.74, 6) is -0.0171. The maximum Gasteiger partial charge on any atom is 0.240 e. The van der Waals surface area contributed by atoms with Gasteiger partial charge in [0.05, 0.1) is 19.3 Å². The molecular weight excluding hydrogens is 280 g/mol. The standard InChI is InChI=1S/C17H26N2O3/c1-3-9-21-12-15-7-5-4-6-14(15)11-19-17(20)16-13(2)22-10-8-18-16/h4-7,13,16,18H,3,8-12H2,1-2H3,(H,19,20)/t13-,16+/m1/s1. The van der Waals surface area contributed by atoms with Crippen molar-refractivity contribution in [1.29, 1.82) is 0 Å². The first-order chi connectivity index (χ1) is 10.7. The molecule has 1 aromatic carbocycles. The van der Waals surface area contributed by atoms with Gasteiger partial charge in [-0.05, 0) is 24.5 Å². The molecule has 122 valence electrons. The van der Waals surface area contributed by atoms with E-state index in [9.17, 15) is 4.79 Å². The van der Waals surface area contributed by atoms with Crippen molar-refractivity contribution in [3.05, 3.63) is 35.4 Å². The van der Waals surface area contributed by atoms with Crippen molar-refractivity contribution in [1.82, 2.24) is 10.6 Å². The lowest BCUT2D eigenvalue weighted by molar-refractivity contribution is -0.129. The first-order valence-electron chi connectivity index (χ1n) is 7.99. The molecule has 0 bridgehead atoms. The second-order valence-corrected chi connectivity index (χ2v) is 5.55. The summed E-state index contributed by atoms with van der Waals surface area (Å²) in [7, 11) is 0. The summed E-state index contributed by atoms with van der Waals surface area (Å²) in [5.41, 5.74) is 2.22. The van der Waals surface area contributed by atoms with Crippen LogP contribution < -0.4 is 10.6 Å². The minimum Gasteiger partial charge on any atom is -0.377 e. The number of hydrogen-bond acceptors (Lipinski definition) is 4. The van der Waals surface area contributed by atoms with E-state index in [2.05, 4.69) is 17.6 Å². The Morgan fingerprint density at radius 2 is 2.18 bits per heavy atom. The molecule has 0 saturated carbocycles. The van der Waals surface area contributed by atoms with Crippen molar-refractivity contribution in [3.8, 4) is 0 Å². The first-order valence-corrected chi connectivity index (χ1v) is 7.99. The average Bonchev–Trinajstić information content (AvgIpc) is 2.54. The summed E-state index contributed by atoms with van der Waals surface area (Å²) in [4.78, 5) is 12.3. The summed E-state index contributed by atoms with van der Waals surface area (Å²) in [6, 6.07) is 7.77. The molecule has 5 nitrogen and oxygen atoms in total. The van der Waals surface area contributed by atoms with Crippen LogP contribution in [0.3, 0.4) is 0 Å². The number of benzene rings is 1. The highest BCUT2D eigenvalue weighted by Gasteiger charge is 2.27. The quantitative estimate of drug-likeness (QED) is 0.751. The lowest BCUT2D eigenvalue weighted by Crippen LogP contribution is -2.55. The first kappa shape index (κ1) is 16.9. The Kier molecular flexibility index (Phi) is 6.83. The van der Waals surface area contributed by atoms with Crippen LogP contribution in [-0.2, 0) is 27.4 Å². The molecular formula is C17H26N2O3. The zero-order valence-corrected chi connectivity index (χ0v) is 13.4. The average molecular weight is 306 g/mol. The molecule has 2 rings (SSSR count). The smallest absolute Gasteiger partial charge is 0.240 e. The van der Waals surface area contributed by atoms with E-state index in [1.165, 1.54) is 0 Å². The SMILES string of the molecule is CCCOCc1ccccc1CNC(=O)[C@H]1NCCO[C@@H]1C. The molecule has 1 aromatic rings. The van der Waals surface area contributed by atoms with Gasteiger partial charge >= 0.3 is 0 Å². The molecule has 0 aromatic heterocycles. The lowest BCUT2D eigenvalue weighted by Gasteiger charge is -2.29. The second-order valence-electron chi connectivity index (χ2n) is 5.55. The Labute approximate surface area is 132 Å². The van der Waals surface area contributed by atoms with Gasteiger partial charge in [-0.1, -0.05) is 31.2 Å². The minimum absolute atomic E-state index is 0.0171. The molecule has 1 fully saturated rings. The van der Waals surface area contributed by atoms with Crippen LogP contribution in [0.4, 0.5) is 0 Å². The van der Waals surface area contributed by atoms with Crippen molar-refractivity contribution < 1.29 is 14.3 Å². The normalized spacial score (nSPS) is 21.5. The molecule has 1 aliphatic rings. The van der Waals surface area contributed by atoms with Gasteiger partial charge in [-0.15, -0.1) is 0 Å². The topological polar surface area (TPSA) is 59.6 Å². The molecule has 0 aliphatic carbocycles. The fraction of sp³-hybridized carbons (Fsp3) is 0.588. The second kappa shape index (κ2) is 8.88. The van der Waals surface area contributed by atoms with E-state index in [1.807, 2.05) is 31.2 Å². The van der Waals surface area contributed by atoms with E-state index < -0.39 is 0 Å². The van der Waals surface area contributed by atoms with Crippen molar-refractivity contribution in [3.63, 3.8) is 0 Å². The van der Waals surface area contributed by atoms with Crippen LogP contribution in [-0.4, -0.2) is 37.8 Å². The lowest BCUT2D eigenvalue weighted by atomic mass is 10.1. The highest BCUT2D eigenvalue weighted by molar-refractivity contribution is 5.82. The van der Waals surface area contributed by atoms with Crippen molar-refractivity contribution in [2.45, 2.75) is 45.6 Å². The monoisotopic (exact) mass is 306 g/mol. The Hall–Kier alpha value is -1.43. The Morgan fingerprint density at radius 1 is 1.41 bits per heavy atom. The van der Waals surface area contributed by atoms with E-state index in [1.54, 1.807) is 0 Å². The van der Waals surface area contributed by atoms with Crippen LogP contribution >= 0.6 is 0 Å². The summed E-state index contributed by atoms with van der Waals surface area (Å²) < 4.78 is 11.1. The maximum atomic E-state index is 12.3. The largest absolute Gasteiger partial charge is 0.377 e. The number of carbonyl (C=O) groups is 1. The summed E-state index contributed by atoms with van der Waals surface area (Å²) in [6.45, 7) is 7.22. The zero-order valence-electron chi connectivity index (χ0n) is 13.4. The van der Waals surface area contributed by atoms with Crippen LogP contribution in [0.2, 0.25) is 0 Å². The van der Waals surface area contributed by atoms with Crippen LogP contribution in [0.25, 0.3) is 0 Å². The molecule has 0 unspecified atom stereocenters. The van der Waals surface area contributed by atoms with Crippen molar-refractivity contribution >= 4 is 5.91 Å². The number of carbonyl (C=O) groups excluding carboxylic acids is 1. The molecule has 0 radical (unpaired) electrons. The molecule has 2 N–H and O–H groups in total. The van der Waals surface area contributed by atoms with Gasteiger partial charge in [-0.25, -0.2) is 0 Å². The minimum atomic E-state index is -0.280. The molecule has 2 atom stereocenters. The molecule has 5 heteroatoms. The molecule has 1 amide bonds. The van der Waals surface area contributed by atoms with Gasteiger partial charge in [0.15, 0.2) is 0 Å². The van der Waals surface area contributed by atoms with E-state index in [-0.39, 0.29) is 18.1 Å². The van der Waals surface area contributed by atoms with Crippen molar-refractivity contribution in [2.75, 3.05) is 19.8 Å². The highest BCUT2D eigenvalue weighted by atomic mass is 16.5. The molecule has 1 aliphatic heterocycles. The summed E-state index contributed by atoms with van der Waals surface area (Å²) in [5, 5.41) is 6.19. The molecule has 22 heavy (non-hydrogen) atoms.